The summed E-state index contributed by atoms with van der Waals surface area (Å²) in [5.74, 6) is 0.159. The van der Waals surface area contributed by atoms with Gasteiger partial charge in [0.05, 0.1) is 32.5 Å². The van der Waals surface area contributed by atoms with Gasteiger partial charge in [-0.2, -0.15) is 0 Å². The molecular formula is C26H25Cl2N5O2. The number of aromatic nitrogens is 4. The number of hydrogen-bond acceptors (Lipinski definition) is 4. The van der Waals surface area contributed by atoms with Crippen LogP contribution in [0.4, 0.5) is 0 Å². The first-order valence-electron chi connectivity index (χ1n) is 11.7. The fraction of sp³-hybridized carbons (Fsp3) is 0.308. The molecule has 0 bridgehead atoms. The van der Waals surface area contributed by atoms with Crippen LogP contribution in [-0.2, 0) is 6.54 Å². The second-order valence-electron chi connectivity index (χ2n) is 9.00. The lowest BCUT2D eigenvalue weighted by atomic mass is 9.86. The molecule has 1 N–H and O–H groups in total. The highest BCUT2D eigenvalue weighted by Crippen LogP contribution is 2.28. The van der Waals surface area contributed by atoms with E-state index in [0.29, 0.717) is 45.1 Å². The van der Waals surface area contributed by atoms with Gasteiger partial charge >= 0.3 is 5.69 Å². The zero-order valence-corrected chi connectivity index (χ0v) is 20.8. The second-order valence-corrected chi connectivity index (χ2v) is 9.85. The standard InChI is InChI=1S/C26H25Cl2N5O2/c1-16-20(13-18(27)14-30-16)25(34)31-19-10-8-17(9-11-19)15-32-24-23(7-4-12-29-24)33(26(32)35)22-6-3-2-5-21(22)28/h2-7,12-14,17,19H,8-11,15H2,1H3,(H,31,34). The average Bonchev–Trinajstić information content (AvgIpc) is 3.13. The highest BCUT2D eigenvalue weighted by molar-refractivity contribution is 6.32. The molecule has 5 rings (SSSR count). The van der Waals surface area contributed by atoms with Crippen LogP contribution in [0.5, 0.6) is 0 Å². The van der Waals surface area contributed by atoms with Gasteiger partial charge in [0.25, 0.3) is 5.91 Å². The smallest absolute Gasteiger partial charge is 0.335 e. The van der Waals surface area contributed by atoms with E-state index in [4.69, 9.17) is 23.2 Å². The molecule has 0 atom stereocenters. The van der Waals surface area contributed by atoms with Crippen molar-refractivity contribution in [3.05, 3.63) is 86.6 Å². The fourth-order valence-corrected chi connectivity index (χ4v) is 5.24. The maximum absolute atomic E-state index is 13.5. The van der Waals surface area contributed by atoms with Crippen molar-refractivity contribution in [1.82, 2.24) is 24.4 Å². The third-order valence-electron chi connectivity index (χ3n) is 6.70. The molecule has 1 amide bonds. The van der Waals surface area contributed by atoms with Crippen LogP contribution >= 0.6 is 23.2 Å². The third kappa shape index (κ3) is 4.70. The Labute approximate surface area is 212 Å². The van der Waals surface area contributed by atoms with Gasteiger partial charge in [0, 0.05) is 25.0 Å². The van der Waals surface area contributed by atoms with Crippen LogP contribution in [0.25, 0.3) is 16.9 Å². The molecule has 4 aromatic rings. The van der Waals surface area contributed by atoms with Crippen LogP contribution < -0.4 is 11.0 Å². The molecule has 35 heavy (non-hydrogen) atoms. The van der Waals surface area contributed by atoms with Gasteiger partial charge in [-0.1, -0.05) is 35.3 Å². The molecule has 0 radical (unpaired) electrons. The Morgan fingerprint density at radius 1 is 1.09 bits per heavy atom. The van der Waals surface area contributed by atoms with E-state index in [1.807, 2.05) is 30.3 Å². The van der Waals surface area contributed by atoms with Crippen LogP contribution in [0.2, 0.25) is 10.0 Å². The van der Waals surface area contributed by atoms with Crippen LogP contribution in [-0.4, -0.2) is 31.1 Å². The van der Waals surface area contributed by atoms with Gasteiger partial charge in [-0.05, 0) is 68.9 Å². The summed E-state index contributed by atoms with van der Waals surface area (Å²) in [6, 6.07) is 12.8. The highest BCUT2D eigenvalue weighted by atomic mass is 35.5. The summed E-state index contributed by atoms with van der Waals surface area (Å²) >= 11 is 12.4. The van der Waals surface area contributed by atoms with E-state index < -0.39 is 0 Å². The first-order valence-corrected chi connectivity index (χ1v) is 12.4. The highest BCUT2D eigenvalue weighted by Gasteiger charge is 2.26. The Kier molecular flexibility index (Phi) is 6.62. The van der Waals surface area contributed by atoms with Crippen LogP contribution in [0.1, 0.15) is 41.7 Å². The molecule has 1 aliphatic carbocycles. The lowest BCUT2D eigenvalue weighted by Gasteiger charge is -2.29. The summed E-state index contributed by atoms with van der Waals surface area (Å²) in [6.07, 6.45) is 6.72. The topological polar surface area (TPSA) is 81.8 Å². The summed E-state index contributed by atoms with van der Waals surface area (Å²) in [4.78, 5) is 34.9. The normalized spacial score (nSPS) is 18.0. The molecule has 1 fully saturated rings. The van der Waals surface area contributed by atoms with Gasteiger partial charge in [0.15, 0.2) is 5.65 Å². The number of aryl methyl sites for hydroxylation is 1. The van der Waals surface area contributed by atoms with Crippen LogP contribution in [0.3, 0.4) is 0 Å². The van der Waals surface area contributed by atoms with Crippen molar-refractivity contribution >= 4 is 40.3 Å². The Morgan fingerprint density at radius 2 is 1.86 bits per heavy atom. The van der Waals surface area contributed by atoms with Crippen LogP contribution in [0.15, 0.2) is 59.7 Å². The van der Waals surface area contributed by atoms with E-state index in [2.05, 4.69) is 15.3 Å². The summed E-state index contributed by atoms with van der Waals surface area (Å²) < 4.78 is 3.39. The van der Waals surface area contributed by atoms with E-state index >= 15 is 0 Å². The molecule has 1 aromatic carbocycles. The first-order chi connectivity index (χ1) is 16.9. The molecule has 0 unspecified atom stereocenters. The Balaban J connectivity index is 1.31. The van der Waals surface area contributed by atoms with Crippen molar-refractivity contribution in [2.45, 2.75) is 45.2 Å². The summed E-state index contributed by atoms with van der Waals surface area (Å²) in [7, 11) is 0. The van der Waals surface area contributed by atoms with E-state index in [1.165, 1.54) is 0 Å². The quantitative estimate of drug-likeness (QED) is 0.401. The minimum absolute atomic E-state index is 0.0800. The molecule has 3 heterocycles. The number of nitrogens with zero attached hydrogens (tertiary/aromatic N) is 4. The lowest BCUT2D eigenvalue weighted by Crippen LogP contribution is -2.39. The molecule has 0 aliphatic heterocycles. The van der Waals surface area contributed by atoms with Crippen LogP contribution in [0, 0.1) is 12.8 Å². The van der Waals surface area contributed by atoms with Gasteiger partial charge in [0.1, 0.15) is 0 Å². The monoisotopic (exact) mass is 509 g/mol. The van der Waals surface area contributed by atoms with E-state index in [9.17, 15) is 9.59 Å². The molecule has 1 saturated carbocycles. The number of para-hydroxylation sites is 1. The fourth-order valence-electron chi connectivity index (χ4n) is 4.86. The number of benzene rings is 1. The molecule has 9 heteroatoms. The Bertz CT molecular complexity index is 1450. The van der Waals surface area contributed by atoms with Gasteiger partial charge < -0.3 is 5.32 Å². The number of carbonyl (C=O) groups is 1. The number of rotatable bonds is 5. The van der Waals surface area contributed by atoms with E-state index in [0.717, 1.165) is 31.2 Å². The SMILES string of the molecule is Cc1ncc(Cl)cc1C(=O)NC1CCC(Cn2c(=O)n(-c3ccccc3Cl)c3cccnc32)CC1. The zero-order valence-electron chi connectivity index (χ0n) is 19.2. The minimum atomic E-state index is -0.149. The number of pyridine rings is 2. The predicted octanol–water partition coefficient (Wildman–Crippen LogP) is 5.19. The van der Waals surface area contributed by atoms with Crippen molar-refractivity contribution in [3.63, 3.8) is 0 Å². The van der Waals surface area contributed by atoms with Crippen molar-refractivity contribution in [1.29, 1.82) is 0 Å². The van der Waals surface area contributed by atoms with Crippen molar-refractivity contribution in [2.24, 2.45) is 5.92 Å². The molecule has 180 valence electrons. The molecule has 0 spiro atoms. The second kappa shape index (κ2) is 9.84. The number of amides is 1. The first kappa shape index (κ1) is 23.6. The number of nitrogens with one attached hydrogen (secondary N) is 1. The summed E-state index contributed by atoms with van der Waals surface area (Å²) in [5.41, 5.74) is 3.04. The Hall–Kier alpha value is -3.16. The summed E-state index contributed by atoms with van der Waals surface area (Å²) in [5, 5.41) is 4.08. The number of halogens is 2. The Morgan fingerprint density at radius 3 is 2.63 bits per heavy atom. The maximum atomic E-state index is 13.5. The largest absolute Gasteiger partial charge is 0.349 e. The average molecular weight is 510 g/mol. The van der Waals surface area contributed by atoms with E-state index in [1.54, 1.807) is 40.6 Å². The molecule has 3 aromatic heterocycles. The minimum Gasteiger partial charge on any atom is -0.349 e. The molecule has 0 saturated heterocycles. The van der Waals surface area contributed by atoms with Gasteiger partial charge in [0.2, 0.25) is 0 Å². The van der Waals surface area contributed by atoms with E-state index in [-0.39, 0.29) is 17.6 Å². The maximum Gasteiger partial charge on any atom is 0.335 e. The number of fused-ring (bicyclic) bond motifs is 1. The zero-order chi connectivity index (χ0) is 24.5. The molecule has 1 aliphatic rings. The molecular weight excluding hydrogens is 485 g/mol. The predicted molar refractivity (Wildman–Crippen MR) is 138 cm³/mol. The number of hydrogen-bond donors (Lipinski definition) is 1. The number of imidazole rings is 1. The van der Waals surface area contributed by atoms with Crippen molar-refractivity contribution < 1.29 is 4.79 Å². The molecule has 7 nitrogen and oxygen atoms in total. The third-order valence-corrected chi connectivity index (χ3v) is 7.23. The van der Waals surface area contributed by atoms with Crippen molar-refractivity contribution in [2.75, 3.05) is 0 Å². The van der Waals surface area contributed by atoms with Crippen molar-refractivity contribution in [3.8, 4) is 5.69 Å². The number of carbonyl (C=O) groups excluding carboxylic acids is 1. The summed E-state index contributed by atoms with van der Waals surface area (Å²) in [6.45, 7) is 2.37. The van der Waals surface area contributed by atoms with Gasteiger partial charge in [-0.3, -0.25) is 18.9 Å². The van der Waals surface area contributed by atoms with Gasteiger partial charge in [-0.15, -0.1) is 0 Å². The lowest BCUT2D eigenvalue weighted by molar-refractivity contribution is 0.0919. The van der Waals surface area contributed by atoms with Gasteiger partial charge in [-0.25, -0.2) is 9.78 Å².